The van der Waals surface area contributed by atoms with Gasteiger partial charge in [0.2, 0.25) is 0 Å². The number of carbonyl (C=O) groups excluding carboxylic acids is 1. The molecule has 1 N–H and O–H groups in total. The van der Waals surface area contributed by atoms with Gasteiger partial charge in [0.1, 0.15) is 5.60 Å². The average Bonchev–Trinajstić information content (AvgIpc) is 2.57. The maximum Gasteiger partial charge on any atom is 0.410 e. The van der Waals surface area contributed by atoms with Gasteiger partial charge in [-0.05, 0) is 33.6 Å². The first-order chi connectivity index (χ1) is 8.30. The Kier molecular flexibility index (Phi) is 3.56. The second-order valence-electron chi connectivity index (χ2n) is 6.36. The quantitative estimate of drug-likeness (QED) is 0.715. The van der Waals surface area contributed by atoms with Crippen molar-refractivity contribution in [1.82, 2.24) is 4.90 Å². The first-order valence-electron chi connectivity index (χ1n) is 6.60. The monoisotopic (exact) mass is 257 g/mol. The molecule has 0 aromatic rings. The van der Waals surface area contributed by atoms with Crippen LogP contribution in [0.25, 0.3) is 0 Å². The van der Waals surface area contributed by atoms with Crippen LogP contribution in [0.15, 0.2) is 0 Å². The van der Waals surface area contributed by atoms with Crippen LogP contribution in [0.4, 0.5) is 4.79 Å². The molecule has 0 unspecified atom stereocenters. The number of hydrogen-bond donors (Lipinski definition) is 1. The number of hydrogen-bond acceptors (Lipinski definition) is 4. The van der Waals surface area contributed by atoms with Crippen molar-refractivity contribution in [2.24, 2.45) is 0 Å². The highest BCUT2D eigenvalue weighted by Gasteiger charge is 2.44. The molecule has 2 saturated heterocycles. The minimum absolute atomic E-state index is 0.286. The number of piperidine rings is 1. The van der Waals surface area contributed by atoms with E-state index in [9.17, 15) is 9.90 Å². The van der Waals surface area contributed by atoms with E-state index >= 15 is 0 Å². The van der Waals surface area contributed by atoms with E-state index in [0.717, 1.165) is 12.8 Å². The molecule has 0 saturated carbocycles. The summed E-state index contributed by atoms with van der Waals surface area (Å²) >= 11 is 0. The second kappa shape index (κ2) is 4.70. The Bertz CT molecular complexity index is 321. The number of aliphatic hydroxyl groups is 1. The summed E-state index contributed by atoms with van der Waals surface area (Å²) < 4.78 is 11.1. The normalized spacial score (nSPS) is 32.9. The minimum atomic E-state index is -0.474. The number of aliphatic hydroxyl groups excluding tert-OH is 1. The standard InChI is InChI=1S/C13H23NO4/c1-12(2,3)18-11(16)14-6-4-5-13(9-14)7-10(15)8-17-13/h10,15H,4-9H2,1-3H3/t10-,13+/m1/s1. The van der Waals surface area contributed by atoms with Gasteiger partial charge in [0.25, 0.3) is 0 Å². The van der Waals surface area contributed by atoms with Crippen LogP contribution in [0.5, 0.6) is 0 Å². The fourth-order valence-electron chi connectivity index (χ4n) is 2.69. The van der Waals surface area contributed by atoms with Gasteiger partial charge in [-0.2, -0.15) is 0 Å². The molecular formula is C13H23NO4. The molecule has 2 aliphatic heterocycles. The predicted molar refractivity (Wildman–Crippen MR) is 66.3 cm³/mol. The molecule has 18 heavy (non-hydrogen) atoms. The maximum atomic E-state index is 12.0. The molecule has 2 atom stereocenters. The fraction of sp³-hybridized carbons (Fsp3) is 0.923. The molecule has 2 fully saturated rings. The fourth-order valence-corrected chi connectivity index (χ4v) is 2.69. The van der Waals surface area contributed by atoms with E-state index in [1.807, 2.05) is 20.8 Å². The number of carbonyl (C=O) groups is 1. The van der Waals surface area contributed by atoms with E-state index in [1.165, 1.54) is 0 Å². The van der Waals surface area contributed by atoms with Gasteiger partial charge in [-0.25, -0.2) is 4.79 Å². The number of ether oxygens (including phenoxy) is 2. The van der Waals surface area contributed by atoms with Gasteiger partial charge >= 0.3 is 6.09 Å². The van der Waals surface area contributed by atoms with Crippen molar-refractivity contribution < 1.29 is 19.4 Å². The molecule has 2 aliphatic rings. The largest absolute Gasteiger partial charge is 0.444 e. The summed E-state index contributed by atoms with van der Waals surface area (Å²) in [5.41, 5.74) is -0.827. The number of likely N-dealkylation sites (tertiary alicyclic amines) is 1. The third-order valence-electron chi connectivity index (χ3n) is 3.38. The van der Waals surface area contributed by atoms with Crippen molar-refractivity contribution in [1.29, 1.82) is 0 Å². The summed E-state index contributed by atoms with van der Waals surface area (Å²) in [7, 11) is 0. The first-order valence-corrected chi connectivity index (χ1v) is 6.60. The Morgan fingerprint density at radius 2 is 2.22 bits per heavy atom. The lowest BCUT2D eigenvalue weighted by molar-refractivity contribution is -0.0580. The molecule has 2 heterocycles. The van der Waals surface area contributed by atoms with E-state index in [-0.39, 0.29) is 11.7 Å². The van der Waals surface area contributed by atoms with E-state index < -0.39 is 11.7 Å². The number of rotatable bonds is 0. The Hall–Kier alpha value is -0.810. The van der Waals surface area contributed by atoms with Gasteiger partial charge in [0, 0.05) is 13.0 Å². The molecule has 0 aromatic carbocycles. The SMILES string of the molecule is CC(C)(C)OC(=O)N1CCC[C@]2(C[C@@H](O)CO2)C1. The minimum Gasteiger partial charge on any atom is -0.444 e. The zero-order chi connectivity index (χ0) is 13.4. The molecule has 2 rings (SSSR count). The molecule has 104 valence electrons. The Morgan fingerprint density at radius 3 is 2.78 bits per heavy atom. The zero-order valence-corrected chi connectivity index (χ0v) is 11.4. The lowest BCUT2D eigenvalue weighted by Gasteiger charge is -2.39. The summed E-state index contributed by atoms with van der Waals surface area (Å²) in [6.45, 7) is 7.19. The smallest absolute Gasteiger partial charge is 0.410 e. The second-order valence-corrected chi connectivity index (χ2v) is 6.36. The van der Waals surface area contributed by atoms with Crippen molar-refractivity contribution in [3.63, 3.8) is 0 Å². The lowest BCUT2D eigenvalue weighted by atomic mass is 9.89. The van der Waals surface area contributed by atoms with Crippen LogP contribution in [0.1, 0.15) is 40.0 Å². The Morgan fingerprint density at radius 1 is 1.50 bits per heavy atom. The highest BCUT2D eigenvalue weighted by atomic mass is 16.6. The Labute approximate surface area is 108 Å². The van der Waals surface area contributed by atoms with Crippen LogP contribution < -0.4 is 0 Å². The topological polar surface area (TPSA) is 59.0 Å². The predicted octanol–water partition coefficient (Wildman–Crippen LogP) is 1.54. The van der Waals surface area contributed by atoms with E-state index in [1.54, 1.807) is 4.90 Å². The van der Waals surface area contributed by atoms with Crippen LogP contribution in [-0.4, -0.2) is 53.1 Å². The molecule has 0 aromatic heterocycles. The third kappa shape index (κ3) is 3.14. The molecule has 1 spiro atoms. The molecule has 5 heteroatoms. The van der Waals surface area contributed by atoms with Gasteiger partial charge in [0.15, 0.2) is 0 Å². The zero-order valence-electron chi connectivity index (χ0n) is 11.4. The van der Waals surface area contributed by atoms with Crippen LogP contribution in [0, 0.1) is 0 Å². The van der Waals surface area contributed by atoms with Gasteiger partial charge in [-0.1, -0.05) is 0 Å². The van der Waals surface area contributed by atoms with Crippen molar-refractivity contribution >= 4 is 6.09 Å². The van der Waals surface area contributed by atoms with Gasteiger partial charge in [-0.15, -0.1) is 0 Å². The van der Waals surface area contributed by atoms with Gasteiger partial charge in [-0.3, -0.25) is 0 Å². The average molecular weight is 257 g/mol. The molecule has 0 bridgehead atoms. The first kappa shape index (κ1) is 13.6. The molecule has 5 nitrogen and oxygen atoms in total. The van der Waals surface area contributed by atoms with Crippen LogP contribution in [-0.2, 0) is 9.47 Å². The maximum absolute atomic E-state index is 12.0. The molecule has 0 radical (unpaired) electrons. The van der Waals surface area contributed by atoms with Crippen molar-refractivity contribution in [3.05, 3.63) is 0 Å². The summed E-state index contributed by atoms with van der Waals surface area (Å²) in [6.07, 6.45) is 1.73. The van der Waals surface area contributed by atoms with Crippen LogP contribution in [0.2, 0.25) is 0 Å². The Balaban J connectivity index is 1.97. The molecule has 1 amide bonds. The van der Waals surface area contributed by atoms with E-state index in [4.69, 9.17) is 9.47 Å². The highest BCUT2D eigenvalue weighted by molar-refractivity contribution is 5.68. The van der Waals surface area contributed by atoms with Gasteiger partial charge in [0.05, 0.1) is 24.9 Å². The number of nitrogens with zero attached hydrogens (tertiary/aromatic N) is 1. The van der Waals surface area contributed by atoms with Crippen LogP contribution in [0.3, 0.4) is 0 Å². The third-order valence-corrected chi connectivity index (χ3v) is 3.38. The summed E-state index contributed by atoms with van der Waals surface area (Å²) in [6, 6.07) is 0. The van der Waals surface area contributed by atoms with Crippen LogP contribution >= 0.6 is 0 Å². The van der Waals surface area contributed by atoms with Crippen molar-refractivity contribution in [2.75, 3.05) is 19.7 Å². The van der Waals surface area contributed by atoms with Crippen molar-refractivity contribution in [3.8, 4) is 0 Å². The van der Waals surface area contributed by atoms with E-state index in [0.29, 0.717) is 26.1 Å². The summed E-state index contributed by atoms with van der Waals surface area (Å²) in [5.74, 6) is 0. The summed E-state index contributed by atoms with van der Waals surface area (Å²) in [5, 5.41) is 9.60. The lowest BCUT2D eigenvalue weighted by Crippen LogP contribution is -2.51. The summed E-state index contributed by atoms with van der Waals surface area (Å²) in [4.78, 5) is 13.7. The van der Waals surface area contributed by atoms with Crippen molar-refractivity contribution in [2.45, 2.75) is 57.3 Å². The highest BCUT2D eigenvalue weighted by Crippen LogP contribution is 2.35. The van der Waals surface area contributed by atoms with Gasteiger partial charge < -0.3 is 19.5 Å². The number of amides is 1. The molecular weight excluding hydrogens is 234 g/mol. The van der Waals surface area contributed by atoms with E-state index in [2.05, 4.69) is 0 Å². The molecule has 0 aliphatic carbocycles.